The highest BCUT2D eigenvalue weighted by molar-refractivity contribution is 5.85. The second-order valence-corrected chi connectivity index (χ2v) is 4.40. The lowest BCUT2D eigenvalue weighted by Crippen LogP contribution is -2.41. The molecule has 2 N–H and O–H groups in total. The summed E-state index contributed by atoms with van der Waals surface area (Å²) in [5.74, 6) is 1.15. The number of aliphatic imine (C=N–C) groups is 1. The van der Waals surface area contributed by atoms with Gasteiger partial charge in [0, 0.05) is 13.0 Å². The van der Waals surface area contributed by atoms with Crippen LogP contribution in [0.1, 0.15) is 46.0 Å². The van der Waals surface area contributed by atoms with Gasteiger partial charge < -0.3 is 10.6 Å². The van der Waals surface area contributed by atoms with Crippen LogP contribution in [0, 0.1) is 0 Å². The van der Waals surface area contributed by atoms with E-state index in [9.17, 15) is 0 Å². The lowest BCUT2D eigenvalue weighted by molar-refractivity contribution is 0.362. The van der Waals surface area contributed by atoms with Crippen molar-refractivity contribution in [3.8, 4) is 0 Å². The van der Waals surface area contributed by atoms with Crippen molar-refractivity contribution in [2.75, 3.05) is 13.1 Å². The minimum Gasteiger partial charge on any atom is -0.343 e. The van der Waals surface area contributed by atoms with Crippen LogP contribution in [0.4, 0.5) is 0 Å². The highest BCUT2D eigenvalue weighted by Gasteiger charge is 2.17. The fraction of sp³-hybridized carbons (Fsp3) is 0.769. The highest BCUT2D eigenvalue weighted by atomic mass is 15.3. The first-order valence-corrected chi connectivity index (χ1v) is 6.46. The third kappa shape index (κ3) is 4.35. The molecular formula is C13H25N3. The van der Waals surface area contributed by atoms with Crippen LogP contribution in [0.5, 0.6) is 0 Å². The third-order valence-electron chi connectivity index (χ3n) is 2.90. The van der Waals surface area contributed by atoms with Gasteiger partial charge in [0.2, 0.25) is 0 Å². The van der Waals surface area contributed by atoms with Crippen molar-refractivity contribution in [1.82, 2.24) is 4.90 Å². The molecule has 0 spiro atoms. The Hall–Kier alpha value is -0.830. The zero-order valence-electron chi connectivity index (χ0n) is 10.7. The lowest BCUT2D eigenvalue weighted by atomic mass is 10.2. The van der Waals surface area contributed by atoms with Crippen LogP contribution in [0.2, 0.25) is 0 Å². The predicted octanol–water partition coefficient (Wildman–Crippen LogP) is 2.53. The summed E-state index contributed by atoms with van der Waals surface area (Å²) in [6.45, 7) is 6.14. The first kappa shape index (κ1) is 13.2. The van der Waals surface area contributed by atoms with E-state index in [1.54, 1.807) is 0 Å². The maximum atomic E-state index is 5.88. The molecular weight excluding hydrogens is 198 g/mol. The number of nitrogens with two attached hydrogens (primary N) is 1. The third-order valence-corrected chi connectivity index (χ3v) is 2.90. The molecule has 1 aliphatic rings. The monoisotopic (exact) mass is 223 g/mol. The molecule has 3 heteroatoms. The van der Waals surface area contributed by atoms with Crippen LogP contribution < -0.4 is 5.73 Å². The van der Waals surface area contributed by atoms with Crippen LogP contribution in [0.25, 0.3) is 0 Å². The molecule has 0 aromatic rings. The summed E-state index contributed by atoms with van der Waals surface area (Å²) >= 11 is 0. The summed E-state index contributed by atoms with van der Waals surface area (Å²) in [5, 5.41) is 0. The average molecular weight is 223 g/mol. The van der Waals surface area contributed by atoms with E-state index in [1.165, 1.54) is 25.7 Å². The molecule has 0 saturated heterocycles. The van der Waals surface area contributed by atoms with Gasteiger partial charge in [0.05, 0.1) is 12.7 Å². The minimum atomic E-state index is 0.0924. The molecule has 1 aliphatic heterocycles. The first-order chi connectivity index (χ1) is 7.75. The SMILES string of the molecule is CCCCC/C=C/CC1=NCCN1C(C)N. The first-order valence-electron chi connectivity index (χ1n) is 6.46. The predicted molar refractivity (Wildman–Crippen MR) is 70.6 cm³/mol. The summed E-state index contributed by atoms with van der Waals surface area (Å²) in [4.78, 5) is 6.67. The van der Waals surface area contributed by atoms with Crippen molar-refractivity contribution in [2.45, 2.75) is 52.1 Å². The Labute approximate surface area is 99.4 Å². The number of unbranched alkanes of at least 4 members (excludes halogenated alkanes) is 3. The molecule has 0 aromatic heterocycles. The van der Waals surface area contributed by atoms with Gasteiger partial charge in [-0.1, -0.05) is 31.9 Å². The molecule has 16 heavy (non-hydrogen) atoms. The van der Waals surface area contributed by atoms with E-state index in [1.807, 2.05) is 6.92 Å². The molecule has 0 bridgehead atoms. The number of hydrogen-bond acceptors (Lipinski definition) is 3. The van der Waals surface area contributed by atoms with E-state index in [0.717, 1.165) is 25.3 Å². The van der Waals surface area contributed by atoms with E-state index in [4.69, 9.17) is 5.73 Å². The molecule has 0 amide bonds. The van der Waals surface area contributed by atoms with Gasteiger partial charge in [-0.3, -0.25) is 4.99 Å². The van der Waals surface area contributed by atoms with Gasteiger partial charge >= 0.3 is 0 Å². The molecule has 0 aromatic carbocycles. The van der Waals surface area contributed by atoms with Crippen LogP contribution in [0.3, 0.4) is 0 Å². The quantitative estimate of drug-likeness (QED) is 0.532. The standard InChI is InChI=1S/C13H25N3/c1-3-4-5-6-7-8-9-13-15-10-11-16(13)12(2)14/h7-8,12H,3-6,9-11,14H2,1-2H3/b8-7+. The van der Waals surface area contributed by atoms with Crippen molar-refractivity contribution in [2.24, 2.45) is 10.7 Å². The van der Waals surface area contributed by atoms with Gasteiger partial charge in [0.1, 0.15) is 5.84 Å². The normalized spacial score (nSPS) is 18.2. The maximum absolute atomic E-state index is 5.88. The summed E-state index contributed by atoms with van der Waals surface area (Å²) < 4.78 is 0. The zero-order valence-corrected chi connectivity index (χ0v) is 10.7. The van der Waals surface area contributed by atoms with Crippen LogP contribution in [-0.4, -0.2) is 30.0 Å². The average Bonchev–Trinajstić information content (AvgIpc) is 2.71. The summed E-state index contributed by atoms with van der Waals surface area (Å²) in [5.41, 5.74) is 5.88. The number of amidine groups is 1. The molecule has 0 radical (unpaired) electrons. The number of nitrogens with zero attached hydrogens (tertiary/aromatic N) is 2. The van der Waals surface area contributed by atoms with Gasteiger partial charge in [-0.2, -0.15) is 0 Å². The van der Waals surface area contributed by atoms with Crippen molar-refractivity contribution in [1.29, 1.82) is 0 Å². The van der Waals surface area contributed by atoms with Crippen LogP contribution >= 0.6 is 0 Å². The topological polar surface area (TPSA) is 41.6 Å². The smallest absolute Gasteiger partial charge is 0.104 e. The van der Waals surface area contributed by atoms with E-state index in [2.05, 4.69) is 29.0 Å². The molecule has 1 unspecified atom stereocenters. The molecule has 3 nitrogen and oxygen atoms in total. The lowest BCUT2D eigenvalue weighted by Gasteiger charge is -2.23. The minimum absolute atomic E-state index is 0.0924. The molecule has 0 fully saturated rings. The fourth-order valence-electron chi connectivity index (χ4n) is 1.95. The Morgan fingerprint density at radius 3 is 2.94 bits per heavy atom. The Balaban J connectivity index is 2.21. The van der Waals surface area contributed by atoms with Gasteiger partial charge in [-0.25, -0.2) is 0 Å². The summed E-state index contributed by atoms with van der Waals surface area (Å²) in [6.07, 6.45) is 10.7. The van der Waals surface area contributed by atoms with Crippen LogP contribution in [-0.2, 0) is 0 Å². The van der Waals surface area contributed by atoms with E-state index >= 15 is 0 Å². The fourth-order valence-corrected chi connectivity index (χ4v) is 1.95. The summed E-state index contributed by atoms with van der Waals surface area (Å²) in [7, 11) is 0. The summed E-state index contributed by atoms with van der Waals surface area (Å²) in [6, 6.07) is 0. The number of allylic oxidation sites excluding steroid dienone is 1. The number of rotatable bonds is 7. The largest absolute Gasteiger partial charge is 0.343 e. The van der Waals surface area contributed by atoms with Crippen molar-refractivity contribution < 1.29 is 0 Å². The number of hydrogen-bond donors (Lipinski definition) is 1. The molecule has 92 valence electrons. The Morgan fingerprint density at radius 2 is 2.25 bits per heavy atom. The van der Waals surface area contributed by atoms with E-state index in [-0.39, 0.29) is 6.17 Å². The van der Waals surface area contributed by atoms with Crippen molar-refractivity contribution in [3.05, 3.63) is 12.2 Å². The van der Waals surface area contributed by atoms with Crippen molar-refractivity contribution >= 4 is 5.84 Å². The molecule has 1 rings (SSSR count). The van der Waals surface area contributed by atoms with Gasteiger partial charge in [0.15, 0.2) is 0 Å². The van der Waals surface area contributed by atoms with Crippen LogP contribution in [0.15, 0.2) is 17.1 Å². The van der Waals surface area contributed by atoms with Crippen molar-refractivity contribution in [3.63, 3.8) is 0 Å². The zero-order chi connectivity index (χ0) is 11.8. The molecule has 0 saturated carbocycles. The molecule has 1 heterocycles. The van der Waals surface area contributed by atoms with E-state index < -0.39 is 0 Å². The molecule has 1 atom stereocenters. The van der Waals surface area contributed by atoms with Gasteiger partial charge in [-0.15, -0.1) is 0 Å². The maximum Gasteiger partial charge on any atom is 0.104 e. The highest BCUT2D eigenvalue weighted by Crippen LogP contribution is 2.08. The van der Waals surface area contributed by atoms with Gasteiger partial charge in [0.25, 0.3) is 0 Å². The van der Waals surface area contributed by atoms with E-state index in [0.29, 0.717) is 0 Å². The Kier molecular flexibility index (Phi) is 6.16. The van der Waals surface area contributed by atoms with Gasteiger partial charge in [-0.05, 0) is 19.8 Å². The second-order valence-electron chi connectivity index (χ2n) is 4.40. The Morgan fingerprint density at radius 1 is 1.44 bits per heavy atom. The second kappa shape index (κ2) is 7.44. The molecule has 0 aliphatic carbocycles. The Bertz CT molecular complexity index is 244.